The van der Waals surface area contributed by atoms with Crippen LogP contribution in [-0.4, -0.2) is 26.6 Å². The van der Waals surface area contributed by atoms with Gasteiger partial charge in [0.2, 0.25) is 5.95 Å². The fourth-order valence-corrected chi connectivity index (χ4v) is 3.15. The van der Waals surface area contributed by atoms with E-state index in [1.165, 1.54) is 0 Å². The lowest BCUT2D eigenvalue weighted by molar-refractivity contribution is 0.241. The molecule has 2 N–H and O–H groups in total. The molecule has 0 saturated heterocycles. The predicted molar refractivity (Wildman–Crippen MR) is 90.9 cm³/mol. The largest absolute Gasteiger partial charge is 0.368 e. The fraction of sp³-hybridized carbons (Fsp3) is 0.278. The Bertz CT molecular complexity index is 859. The normalized spacial score (nSPS) is 14.5. The molecule has 0 unspecified atom stereocenters. The van der Waals surface area contributed by atoms with Crippen LogP contribution in [0.15, 0.2) is 41.1 Å². The van der Waals surface area contributed by atoms with Crippen molar-refractivity contribution in [3.05, 3.63) is 59.1 Å². The van der Waals surface area contributed by atoms with Crippen molar-refractivity contribution in [1.29, 1.82) is 0 Å². The molecule has 1 aliphatic heterocycles. The van der Waals surface area contributed by atoms with Gasteiger partial charge in [0, 0.05) is 48.9 Å². The summed E-state index contributed by atoms with van der Waals surface area (Å²) in [5.41, 5.74) is 11.0. The molecule has 0 radical (unpaired) electrons. The van der Waals surface area contributed by atoms with E-state index in [-0.39, 0.29) is 0 Å². The van der Waals surface area contributed by atoms with Gasteiger partial charge in [-0.1, -0.05) is 35.5 Å². The van der Waals surface area contributed by atoms with Crippen molar-refractivity contribution >= 4 is 5.95 Å². The molecule has 6 nitrogen and oxygen atoms in total. The molecular formula is C18H19N5O. The maximum Gasteiger partial charge on any atom is 0.220 e. The minimum Gasteiger partial charge on any atom is -0.368 e. The molecule has 4 rings (SSSR count). The Kier molecular flexibility index (Phi) is 3.74. The molecule has 1 aliphatic rings. The van der Waals surface area contributed by atoms with Crippen molar-refractivity contribution in [2.24, 2.45) is 0 Å². The van der Waals surface area contributed by atoms with Crippen LogP contribution < -0.4 is 5.73 Å². The van der Waals surface area contributed by atoms with E-state index in [4.69, 9.17) is 10.3 Å². The number of hydrogen-bond acceptors (Lipinski definition) is 6. The van der Waals surface area contributed by atoms with E-state index in [0.717, 1.165) is 59.9 Å². The number of aryl methyl sites for hydroxylation is 1. The van der Waals surface area contributed by atoms with E-state index >= 15 is 0 Å². The molecule has 0 bridgehead atoms. The number of aromatic nitrogens is 3. The molecule has 0 atom stereocenters. The average molecular weight is 321 g/mol. The van der Waals surface area contributed by atoms with Crippen LogP contribution in [0, 0.1) is 6.92 Å². The van der Waals surface area contributed by atoms with Gasteiger partial charge in [-0.05, 0) is 6.92 Å². The number of fused-ring (bicyclic) bond motifs is 1. The zero-order chi connectivity index (χ0) is 16.5. The summed E-state index contributed by atoms with van der Waals surface area (Å²) in [7, 11) is 0. The fourth-order valence-electron chi connectivity index (χ4n) is 3.15. The first-order valence-corrected chi connectivity index (χ1v) is 8.04. The first-order chi connectivity index (χ1) is 11.7. The predicted octanol–water partition coefficient (Wildman–Crippen LogP) is 2.58. The SMILES string of the molecule is Cc1onc(-c2ccccc2)c1CN1CCc2nc(N)ncc2C1. The van der Waals surface area contributed by atoms with E-state index in [0.29, 0.717) is 5.95 Å². The van der Waals surface area contributed by atoms with E-state index < -0.39 is 0 Å². The molecule has 6 heteroatoms. The van der Waals surface area contributed by atoms with Gasteiger partial charge in [-0.15, -0.1) is 0 Å². The van der Waals surface area contributed by atoms with Crippen LogP contribution in [0.5, 0.6) is 0 Å². The van der Waals surface area contributed by atoms with E-state index in [9.17, 15) is 0 Å². The van der Waals surface area contributed by atoms with E-state index in [1.54, 1.807) is 0 Å². The number of nitrogen functional groups attached to an aromatic ring is 1. The van der Waals surface area contributed by atoms with Crippen molar-refractivity contribution < 1.29 is 4.52 Å². The minimum atomic E-state index is 0.350. The van der Waals surface area contributed by atoms with Crippen LogP contribution in [-0.2, 0) is 19.5 Å². The molecule has 0 aliphatic carbocycles. The van der Waals surface area contributed by atoms with Crippen LogP contribution >= 0.6 is 0 Å². The van der Waals surface area contributed by atoms with Gasteiger partial charge in [-0.2, -0.15) is 0 Å². The summed E-state index contributed by atoms with van der Waals surface area (Å²) in [6.07, 6.45) is 2.72. The number of nitrogens with zero attached hydrogens (tertiary/aromatic N) is 4. The van der Waals surface area contributed by atoms with Crippen molar-refractivity contribution in [1.82, 2.24) is 20.0 Å². The lowest BCUT2D eigenvalue weighted by Gasteiger charge is -2.27. The highest BCUT2D eigenvalue weighted by atomic mass is 16.5. The molecule has 0 saturated carbocycles. The first kappa shape index (κ1) is 14.8. The Labute approximate surface area is 140 Å². The van der Waals surface area contributed by atoms with Gasteiger partial charge in [0.15, 0.2) is 0 Å². The summed E-state index contributed by atoms with van der Waals surface area (Å²) in [5, 5.41) is 4.26. The highest BCUT2D eigenvalue weighted by Crippen LogP contribution is 2.28. The maximum absolute atomic E-state index is 5.67. The number of benzene rings is 1. The molecular weight excluding hydrogens is 302 g/mol. The molecule has 3 heterocycles. The maximum atomic E-state index is 5.67. The molecule has 3 aromatic rings. The standard InChI is InChI=1S/C18H19N5O/c1-12-15(17(22-24-12)13-5-3-2-4-6-13)11-23-8-7-16-14(10-23)9-20-18(19)21-16/h2-6,9H,7-8,10-11H2,1H3,(H2,19,20,21). The van der Waals surface area contributed by atoms with Crippen LogP contribution in [0.4, 0.5) is 5.95 Å². The van der Waals surface area contributed by atoms with Gasteiger partial charge in [-0.25, -0.2) is 9.97 Å². The third-order valence-electron chi connectivity index (χ3n) is 4.45. The Balaban J connectivity index is 1.59. The highest BCUT2D eigenvalue weighted by Gasteiger charge is 2.22. The highest BCUT2D eigenvalue weighted by molar-refractivity contribution is 5.63. The second kappa shape index (κ2) is 6.05. The molecule has 0 amide bonds. The molecule has 2 aromatic heterocycles. The smallest absolute Gasteiger partial charge is 0.220 e. The summed E-state index contributed by atoms with van der Waals surface area (Å²) < 4.78 is 5.46. The quantitative estimate of drug-likeness (QED) is 0.798. The first-order valence-electron chi connectivity index (χ1n) is 8.04. The van der Waals surface area contributed by atoms with Gasteiger partial charge >= 0.3 is 0 Å². The Hall–Kier alpha value is -2.73. The summed E-state index contributed by atoms with van der Waals surface area (Å²) in [5.74, 6) is 1.22. The van der Waals surface area contributed by atoms with Gasteiger partial charge in [0.25, 0.3) is 0 Å². The topological polar surface area (TPSA) is 81.1 Å². The summed E-state index contributed by atoms with van der Waals surface area (Å²) >= 11 is 0. The number of hydrogen-bond donors (Lipinski definition) is 1. The molecule has 1 aromatic carbocycles. The van der Waals surface area contributed by atoms with Crippen LogP contribution in [0.1, 0.15) is 22.6 Å². The zero-order valence-corrected chi connectivity index (χ0v) is 13.6. The van der Waals surface area contributed by atoms with Crippen molar-refractivity contribution in [2.75, 3.05) is 12.3 Å². The summed E-state index contributed by atoms with van der Waals surface area (Å²) in [4.78, 5) is 10.8. The van der Waals surface area contributed by atoms with Gasteiger partial charge < -0.3 is 10.3 Å². The third kappa shape index (κ3) is 2.76. The van der Waals surface area contributed by atoms with Crippen molar-refractivity contribution in [3.8, 4) is 11.3 Å². The molecule has 0 fully saturated rings. The minimum absolute atomic E-state index is 0.350. The zero-order valence-electron chi connectivity index (χ0n) is 13.6. The average Bonchev–Trinajstić information content (AvgIpc) is 2.96. The summed E-state index contributed by atoms with van der Waals surface area (Å²) in [6, 6.07) is 10.2. The van der Waals surface area contributed by atoms with E-state index in [2.05, 4.69) is 32.2 Å². The molecule has 122 valence electrons. The Morgan fingerprint density at radius 3 is 2.92 bits per heavy atom. The lowest BCUT2D eigenvalue weighted by atomic mass is 10.0. The second-order valence-electron chi connectivity index (χ2n) is 6.09. The molecule has 24 heavy (non-hydrogen) atoms. The van der Waals surface area contributed by atoms with Crippen LogP contribution in [0.25, 0.3) is 11.3 Å². The van der Waals surface area contributed by atoms with Gasteiger partial charge in [0.05, 0.1) is 5.69 Å². The van der Waals surface area contributed by atoms with E-state index in [1.807, 2.05) is 31.3 Å². The molecule has 0 spiro atoms. The number of anilines is 1. The van der Waals surface area contributed by atoms with Crippen molar-refractivity contribution in [2.45, 2.75) is 26.4 Å². The summed E-state index contributed by atoms with van der Waals surface area (Å²) in [6.45, 7) is 4.51. The van der Waals surface area contributed by atoms with Gasteiger partial charge in [0.1, 0.15) is 11.5 Å². The second-order valence-corrected chi connectivity index (χ2v) is 6.09. The Morgan fingerprint density at radius 1 is 1.25 bits per heavy atom. The Morgan fingerprint density at radius 2 is 2.08 bits per heavy atom. The lowest BCUT2D eigenvalue weighted by Crippen LogP contribution is -2.31. The monoisotopic (exact) mass is 321 g/mol. The van der Waals surface area contributed by atoms with Crippen molar-refractivity contribution in [3.63, 3.8) is 0 Å². The van der Waals surface area contributed by atoms with Gasteiger partial charge in [-0.3, -0.25) is 4.90 Å². The van der Waals surface area contributed by atoms with Crippen LogP contribution in [0.2, 0.25) is 0 Å². The third-order valence-corrected chi connectivity index (χ3v) is 4.45. The van der Waals surface area contributed by atoms with Crippen LogP contribution in [0.3, 0.4) is 0 Å². The number of nitrogens with two attached hydrogens (primary N) is 1. The number of rotatable bonds is 3.